The highest BCUT2D eigenvalue weighted by atomic mass is 28.4. The predicted octanol–water partition coefficient (Wildman–Crippen LogP) is 4.32. The first-order valence-corrected chi connectivity index (χ1v) is 9.06. The minimum Gasteiger partial charge on any atom is -0.398 e. The van der Waals surface area contributed by atoms with Gasteiger partial charge in [0.15, 0.2) is 23.3 Å². The van der Waals surface area contributed by atoms with Gasteiger partial charge in [0, 0.05) is 14.2 Å². The average Bonchev–Trinajstić information content (AvgIpc) is 2.51. The molecule has 7 heteroatoms. The number of aryl methyl sites for hydroxylation is 1. The Kier molecular flexibility index (Phi) is 6.83. The highest BCUT2D eigenvalue weighted by Crippen LogP contribution is 2.23. The first-order valence-electron chi connectivity index (χ1n) is 6.83. The predicted molar refractivity (Wildman–Crippen MR) is 74.3 cm³/mol. The van der Waals surface area contributed by atoms with Gasteiger partial charge in [-0.1, -0.05) is 13.3 Å². The van der Waals surface area contributed by atoms with Gasteiger partial charge < -0.3 is 8.85 Å². The van der Waals surface area contributed by atoms with Gasteiger partial charge in [-0.15, -0.1) is 0 Å². The van der Waals surface area contributed by atoms with E-state index >= 15 is 0 Å². The second kappa shape index (κ2) is 7.91. The van der Waals surface area contributed by atoms with Crippen molar-refractivity contribution in [2.45, 2.75) is 38.3 Å². The van der Waals surface area contributed by atoms with Crippen molar-refractivity contribution >= 4 is 8.56 Å². The Bertz CT molecular complexity index is 470. The lowest BCUT2D eigenvalue weighted by atomic mass is 10.1. The molecule has 1 aromatic carbocycles. The van der Waals surface area contributed by atoms with Crippen LogP contribution in [-0.2, 0) is 15.3 Å². The minimum atomic E-state index is -2.20. The lowest BCUT2D eigenvalue weighted by Crippen LogP contribution is -2.38. The molecule has 0 saturated carbocycles. The fraction of sp³-hybridized carbons (Fsp3) is 0.571. The Labute approximate surface area is 123 Å². The molecule has 0 radical (unpaired) electrons. The summed E-state index contributed by atoms with van der Waals surface area (Å²) in [5.41, 5.74) is -0.148. The number of hydrogen-bond acceptors (Lipinski definition) is 2. The van der Waals surface area contributed by atoms with Crippen LogP contribution in [0.2, 0.25) is 12.1 Å². The van der Waals surface area contributed by atoms with Crippen molar-refractivity contribution in [2.24, 2.45) is 0 Å². The van der Waals surface area contributed by atoms with Gasteiger partial charge >= 0.3 is 8.56 Å². The van der Waals surface area contributed by atoms with Gasteiger partial charge in [0.2, 0.25) is 0 Å². The number of unbranched alkanes of at least 4 members (excludes halogenated alkanes) is 1. The largest absolute Gasteiger partial charge is 0.398 e. The molecule has 0 fully saturated rings. The molecule has 0 aromatic heterocycles. The molecule has 0 aliphatic carbocycles. The maximum Gasteiger partial charge on any atom is 0.337 e. The van der Waals surface area contributed by atoms with Crippen LogP contribution >= 0.6 is 0 Å². The fourth-order valence-electron chi connectivity index (χ4n) is 2.27. The summed E-state index contributed by atoms with van der Waals surface area (Å²) < 4.78 is 63.4. The van der Waals surface area contributed by atoms with E-state index in [4.69, 9.17) is 8.85 Å². The van der Waals surface area contributed by atoms with Crippen molar-refractivity contribution in [1.29, 1.82) is 0 Å². The molecule has 1 rings (SSSR count). The van der Waals surface area contributed by atoms with E-state index < -0.39 is 31.8 Å². The van der Waals surface area contributed by atoms with E-state index in [9.17, 15) is 17.6 Å². The molecule has 0 amide bonds. The molecule has 0 bridgehead atoms. The summed E-state index contributed by atoms with van der Waals surface area (Å²) in [4.78, 5) is 0. The van der Waals surface area contributed by atoms with Gasteiger partial charge in [0.05, 0.1) is 0 Å². The van der Waals surface area contributed by atoms with Crippen LogP contribution in [0, 0.1) is 23.3 Å². The SMILES string of the molecule is CC[Si](CCCCc1cc(F)c(F)c(F)c1F)(OC)OC. The highest BCUT2D eigenvalue weighted by molar-refractivity contribution is 6.67. The van der Waals surface area contributed by atoms with Crippen molar-refractivity contribution in [2.75, 3.05) is 14.2 Å². The van der Waals surface area contributed by atoms with Gasteiger partial charge in [-0.25, -0.2) is 17.6 Å². The molecule has 21 heavy (non-hydrogen) atoms. The van der Waals surface area contributed by atoms with E-state index in [-0.39, 0.29) is 12.0 Å². The summed E-state index contributed by atoms with van der Waals surface area (Å²) in [6.07, 6.45) is 1.34. The number of halogens is 4. The summed E-state index contributed by atoms with van der Waals surface area (Å²) in [5, 5.41) is 0. The van der Waals surface area contributed by atoms with Crippen LogP contribution in [0.4, 0.5) is 17.6 Å². The normalized spacial score (nSPS) is 12.0. The van der Waals surface area contributed by atoms with E-state index in [1.807, 2.05) is 6.92 Å². The maximum atomic E-state index is 13.5. The minimum absolute atomic E-state index is 0.140. The molecule has 0 atom stereocenters. The third-order valence-electron chi connectivity index (χ3n) is 3.71. The topological polar surface area (TPSA) is 18.5 Å². The van der Waals surface area contributed by atoms with Crippen molar-refractivity contribution in [3.63, 3.8) is 0 Å². The standard InChI is InChI=1S/C14H20F4O2Si/c1-4-21(19-2,20-3)8-6-5-7-10-9-11(15)13(17)14(18)12(10)16/h9H,4-8H2,1-3H3. The van der Waals surface area contributed by atoms with Crippen LogP contribution in [0.3, 0.4) is 0 Å². The number of benzene rings is 1. The summed E-state index contributed by atoms with van der Waals surface area (Å²) in [7, 11) is 1.000. The molecule has 0 saturated heterocycles. The highest BCUT2D eigenvalue weighted by Gasteiger charge is 2.32. The zero-order chi connectivity index (χ0) is 16.0. The van der Waals surface area contributed by atoms with Crippen molar-refractivity contribution in [3.8, 4) is 0 Å². The zero-order valence-electron chi connectivity index (χ0n) is 12.4. The maximum absolute atomic E-state index is 13.5. The molecule has 0 N–H and O–H groups in total. The van der Waals surface area contributed by atoms with E-state index in [1.54, 1.807) is 14.2 Å². The second-order valence-electron chi connectivity index (χ2n) is 4.84. The van der Waals surface area contributed by atoms with Crippen molar-refractivity contribution in [1.82, 2.24) is 0 Å². The molecular formula is C14H20F4O2Si. The van der Waals surface area contributed by atoms with E-state index in [0.29, 0.717) is 25.0 Å². The summed E-state index contributed by atoms with van der Waals surface area (Å²) in [5.74, 6) is -6.20. The van der Waals surface area contributed by atoms with Crippen molar-refractivity contribution < 1.29 is 26.4 Å². The Morgan fingerprint density at radius 1 is 0.952 bits per heavy atom. The summed E-state index contributed by atoms with van der Waals surface area (Å²) in [6.45, 7) is 1.98. The molecule has 1 aromatic rings. The first kappa shape index (κ1) is 18.1. The van der Waals surface area contributed by atoms with E-state index in [1.165, 1.54) is 0 Å². The molecule has 0 unspecified atom stereocenters. The smallest absolute Gasteiger partial charge is 0.337 e. The van der Waals surface area contributed by atoms with Gasteiger partial charge in [0.25, 0.3) is 0 Å². The zero-order valence-corrected chi connectivity index (χ0v) is 13.4. The lowest BCUT2D eigenvalue weighted by molar-refractivity contribution is 0.241. The second-order valence-corrected chi connectivity index (χ2v) is 8.68. The first-order chi connectivity index (χ1) is 9.90. The number of rotatable bonds is 8. The lowest BCUT2D eigenvalue weighted by Gasteiger charge is -2.25. The van der Waals surface area contributed by atoms with Crippen LogP contribution in [0.15, 0.2) is 6.07 Å². The Morgan fingerprint density at radius 3 is 2.10 bits per heavy atom. The quantitative estimate of drug-likeness (QED) is 0.233. The molecular weight excluding hydrogens is 304 g/mol. The molecule has 120 valence electrons. The van der Waals surface area contributed by atoms with Gasteiger partial charge in [-0.05, 0) is 36.6 Å². The van der Waals surface area contributed by atoms with E-state index in [0.717, 1.165) is 6.04 Å². The van der Waals surface area contributed by atoms with Crippen LogP contribution in [0.1, 0.15) is 25.3 Å². The molecule has 2 nitrogen and oxygen atoms in total. The van der Waals surface area contributed by atoms with Crippen LogP contribution < -0.4 is 0 Å². The molecule has 0 spiro atoms. The Balaban J connectivity index is 2.61. The fourth-order valence-corrected chi connectivity index (χ4v) is 4.56. The van der Waals surface area contributed by atoms with Crippen LogP contribution in [0.5, 0.6) is 0 Å². The molecule has 0 aliphatic rings. The third-order valence-corrected chi connectivity index (χ3v) is 7.40. The van der Waals surface area contributed by atoms with Gasteiger partial charge in [-0.2, -0.15) is 0 Å². The van der Waals surface area contributed by atoms with Crippen LogP contribution in [0.25, 0.3) is 0 Å². The molecule has 0 aliphatic heterocycles. The Morgan fingerprint density at radius 2 is 1.57 bits per heavy atom. The summed E-state index contributed by atoms with van der Waals surface area (Å²) in [6, 6.07) is 2.21. The third kappa shape index (κ3) is 4.27. The number of hydrogen-bond donors (Lipinski definition) is 0. The molecule has 0 heterocycles. The van der Waals surface area contributed by atoms with Gasteiger partial charge in [-0.3, -0.25) is 0 Å². The van der Waals surface area contributed by atoms with Gasteiger partial charge in [0.1, 0.15) is 0 Å². The Hall–Kier alpha value is -0.923. The average molecular weight is 324 g/mol. The van der Waals surface area contributed by atoms with E-state index in [2.05, 4.69) is 0 Å². The van der Waals surface area contributed by atoms with Crippen LogP contribution in [-0.4, -0.2) is 22.8 Å². The monoisotopic (exact) mass is 324 g/mol. The van der Waals surface area contributed by atoms with Crippen molar-refractivity contribution in [3.05, 3.63) is 34.9 Å². The summed E-state index contributed by atoms with van der Waals surface area (Å²) >= 11 is 0.